The average Bonchev–Trinajstić information content (AvgIpc) is 2.25. The highest BCUT2D eigenvalue weighted by Crippen LogP contribution is 2.40. The van der Waals surface area contributed by atoms with Gasteiger partial charge in [-0.2, -0.15) is 11.8 Å². The summed E-state index contributed by atoms with van der Waals surface area (Å²) in [5, 5.41) is 1.24. The van der Waals surface area contributed by atoms with Crippen LogP contribution in [0.25, 0.3) is 0 Å². The third kappa shape index (κ3) is 1.01. The van der Waals surface area contributed by atoms with Gasteiger partial charge in [-0.1, -0.05) is 11.8 Å². The third-order valence-corrected chi connectivity index (χ3v) is 4.65. The number of carbonyl (C=O) groups is 1. The summed E-state index contributed by atoms with van der Waals surface area (Å²) in [5.41, 5.74) is 0. The first-order valence-electron chi connectivity index (χ1n) is 3.14. The molecule has 0 aliphatic carbocycles. The molecule has 0 aromatic rings. The van der Waals surface area contributed by atoms with E-state index in [-0.39, 0.29) is 0 Å². The molecule has 3 heteroatoms. The molecule has 9 heavy (non-hydrogen) atoms. The predicted octanol–water partition coefficient (Wildman–Crippen LogP) is 1.38. The molecule has 0 unspecified atom stereocenters. The highest BCUT2D eigenvalue weighted by atomic mass is 32.2. The molecule has 2 rings (SSSR count). The van der Waals surface area contributed by atoms with Crippen LogP contribution in [0.2, 0.25) is 0 Å². The van der Waals surface area contributed by atoms with Crippen molar-refractivity contribution < 1.29 is 4.79 Å². The summed E-state index contributed by atoms with van der Waals surface area (Å²) in [5.74, 6) is 2.58. The van der Waals surface area contributed by atoms with Crippen molar-refractivity contribution in [3.05, 3.63) is 0 Å². The normalized spacial score (nSPS) is 41.6. The summed E-state index contributed by atoms with van der Waals surface area (Å²) < 4.78 is 0. The molecule has 0 saturated carbocycles. The van der Waals surface area contributed by atoms with Crippen LogP contribution in [0.3, 0.4) is 0 Å². The van der Waals surface area contributed by atoms with Crippen LogP contribution in [0.5, 0.6) is 0 Å². The van der Waals surface area contributed by atoms with E-state index in [0.29, 0.717) is 11.0 Å². The Bertz CT molecular complexity index is 146. The first-order valence-corrected chi connectivity index (χ1v) is 5.18. The van der Waals surface area contributed by atoms with E-state index in [2.05, 4.69) is 0 Å². The third-order valence-electron chi connectivity index (χ3n) is 1.83. The van der Waals surface area contributed by atoms with Gasteiger partial charge in [-0.15, -0.1) is 0 Å². The first kappa shape index (κ1) is 6.10. The van der Waals surface area contributed by atoms with Gasteiger partial charge in [0.25, 0.3) is 0 Å². The molecule has 0 aromatic carbocycles. The molecule has 2 atom stereocenters. The number of carbonyl (C=O) groups excluding carboxylic acids is 1. The Kier molecular flexibility index (Phi) is 1.49. The van der Waals surface area contributed by atoms with Gasteiger partial charge in [0.15, 0.2) is 5.12 Å². The lowest BCUT2D eigenvalue weighted by Gasteiger charge is -2.14. The molecule has 2 fully saturated rings. The molecule has 0 aromatic heterocycles. The van der Waals surface area contributed by atoms with E-state index in [1.54, 1.807) is 0 Å². The minimum absolute atomic E-state index is 0.416. The van der Waals surface area contributed by atoms with Gasteiger partial charge in [0.2, 0.25) is 0 Å². The molecule has 2 aliphatic rings. The highest BCUT2D eigenvalue weighted by molar-refractivity contribution is 8.15. The van der Waals surface area contributed by atoms with Crippen LogP contribution in [0.4, 0.5) is 0 Å². The SMILES string of the molecule is O=C1SC[C@H]2C[C@@H]1CS2. The van der Waals surface area contributed by atoms with Gasteiger partial charge >= 0.3 is 0 Å². The van der Waals surface area contributed by atoms with E-state index < -0.39 is 0 Å². The summed E-state index contributed by atoms with van der Waals surface area (Å²) in [6.45, 7) is 0. The smallest absolute Gasteiger partial charge is 0.192 e. The summed E-state index contributed by atoms with van der Waals surface area (Å²) in [7, 11) is 0. The quantitative estimate of drug-likeness (QED) is 0.533. The van der Waals surface area contributed by atoms with E-state index in [0.717, 1.165) is 23.2 Å². The number of hydrogen-bond donors (Lipinski definition) is 0. The first-order chi connectivity index (χ1) is 4.36. The van der Waals surface area contributed by atoms with Crippen molar-refractivity contribution in [1.29, 1.82) is 0 Å². The van der Waals surface area contributed by atoms with E-state index in [1.807, 2.05) is 11.8 Å². The molecule has 2 heterocycles. The second-order valence-corrected chi connectivity index (χ2v) is 4.88. The number of rotatable bonds is 0. The van der Waals surface area contributed by atoms with Crippen LogP contribution in [-0.2, 0) is 4.79 Å². The number of fused-ring (bicyclic) bond motifs is 2. The zero-order valence-corrected chi connectivity index (χ0v) is 6.63. The molecule has 2 aliphatic heterocycles. The van der Waals surface area contributed by atoms with Gasteiger partial charge in [-0.25, -0.2) is 0 Å². The van der Waals surface area contributed by atoms with Gasteiger partial charge in [0.05, 0.1) is 0 Å². The van der Waals surface area contributed by atoms with Crippen LogP contribution in [-0.4, -0.2) is 21.9 Å². The van der Waals surface area contributed by atoms with Crippen molar-refractivity contribution in [2.24, 2.45) is 5.92 Å². The fraction of sp³-hybridized carbons (Fsp3) is 0.833. The zero-order valence-electron chi connectivity index (χ0n) is 5.00. The Morgan fingerprint density at radius 3 is 3.11 bits per heavy atom. The molecule has 2 bridgehead atoms. The number of thioether (sulfide) groups is 2. The summed E-state index contributed by atoms with van der Waals surface area (Å²) in [4.78, 5) is 11.0. The molecule has 1 nitrogen and oxygen atoms in total. The fourth-order valence-electron chi connectivity index (χ4n) is 1.28. The topological polar surface area (TPSA) is 17.1 Å². The van der Waals surface area contributed by atoms with Gasteiger partial charge in [0, 0.05) is 22.7 Å². The lowest BCUT2D eigenvalue weighted by Crippen LogP contribution is -2.18. The molecule has 0 spiro atoms. The number of hydrogen-bond acceptors (Lipinski definition) is 3. The summed E-state index contributed by atoms with van der Waals surface area (Å²) in [6, 6.07) is 0. The molecule has 2 saturated heterocycles. The monoisotopic (exact) mass is 160 g/mol. The average molecular weight is 160 g/mol. The van der Waals surface area contributed by atoms with E-state index in [1.165, 1.54) is 11.8 Å². The molecule has 0 amide bonds. The molecular formula is C6H8OS2. The van der Waals surface area contributed by atoms with Gasteiger partial charge in [-0.05, 0) is 6.42 Å². The van der Waals surface area contributed by atoms with Crippen LogP contribution in [0.1, 0.15) is 6.42 Å². The van der Waals surface area contributed by atoms with Crippen molar-refractivity contribution in [1.82, 2.24) is 0 Å². The van der Waals surface area contributed by atoms with Crippen LogP contribution in [0.15, 0.2) is 0 Å². The zero-order chi connectivity index (χ0) is 6.27. The van der Waals surface area contributed by atoms with E-state index >= 15 is 0 Å². The Morgan fingerprint density at radius 2 is 2.33 bits per heavy atom. The molecule has 0 radical (unpaired) electrons. The maximum Gasteiger partial charge on any atom is 0.192 e. The van der Waals surface area contributed by atoms with Gasteiger partial charge in [-0.3, -0.25) is 4.79 Å². The second-order valence-electron chi connectivity index (χ2n) is 2.52. The van der Waals surface area contributed by atoms with Crippen LogP contribution in [0, 0.1) is 5.92 Å². The molecular weight excluding hydrogens is 152 g/mol. The summed E-state index contributed by atoms with van der Waals surface area (Å²) >= 11 is 3.51. The maximum atomic E-state index is 11.0. The molecule has 50 valence electrons. The standard InChI is InChI=1S/C6H8OS2/c7-6-4-1-5(3-9-6)8-2-4/h4-5H,1-3H2/t4-,5-/m1/s1. The molecule has 0 N–H and O–H groups in total. The van der Waals surface area contributed by atoms with Crippen LogP contribution < -0.4 is 0 Å². The minimum atomic E-state index is 0.416. The van der Waals surface area contributed by atoms with Crippen molar-refractivity contribution in [2.75, 3.05) is 11.5 Å². The second kappa shape index (κ2) is 2.20. The van der Waals surface area contributed by atoms with Crippen molar-refractivity contribution in [3.8, 4) is 0 Å². The van der Waals surface area contributed by atoms with Crippen molar-refractivity contribution in [2.45, 2.75) is 11.7 Å². The van der Waals surface area contributed by atoms with E-state index in [4.69, 9.17) is 0 Å². The lowest BCUT2D eigenvalue weighted by molar-refractivity contribution is -0.114. The Labute approximate surface area is 63.0 Å². The summed E-state index contributed by atoms with van der Waals surface area (Å²) in [6.07, 6.45) is 1.16. The van der Waals surface area contributed by atoms with Gasteiger partial charge < -0.3 is 0 Å². The largest absolute Gasteiger partial charge is 0.287 e. The lowest BCUT2D eigenvalue weighted by atomic mass is 10.1. The van der Waals surface area contributed by atoms with Crippen molar-refractivity contribution >= 4 is 28.6 Å². The fourth-order valence-corrected chi connectivity index (χ4v) is 4.04. The maximum absolute atomic E-state index is 11.0. The van der Waals surface area contributed by atoms with Crippen LogP contribution >= 0.6 is 23.5 Å². The Hall–Kier alpha value is 0.370. The predicted molar refractivity (Wildman–Crippen MR) is 41.8 cm³/mol. The van der Waals surface area contributed by atoms with E-state index in [9.17, 15) is 4.79 Å². The highest BCUT2D eigenvalue weighted by Gasteiger charge is 2.35. The Balaban J connectivity index is 2.14. The minimum Gasteiger partial charge on any atom is -0.287 e. The van der Waals surface area contributed by atoms with Crippen molar-refractivity contribution in [3.63, 3.8) is 0 Å². The Morgan fingerprint density at radius 1 is 1.44 bits per heavy atom. The van der Waals surface area contributed by atoms with Gasteiger partial charge in [0.1, 0.15) is 0 Å².